The normalized spacial score (nSPS) is 17.4. The number of carbonyl (C=O) groups is 3. The Kier molecular flexibility index (Phi) is 6.12. The Morgan fingerprint density at radius 2 is 2.04 bits per heavy atom. The summed E-state index contributed by atoms with van der Waals surface area (Å²) in [5, 5.41) is 11.7. The third kappa shape index (κ3) is 4.78. The highest BCUT2D eigenvalue weighted by molar-refractivity contribution is 5.98. The third-order valence-corrected chi connectivity index (χ3v) is 4.13. The number of carboxylic acid groups (broad SMARTS) is 1. The molecule has 1 aliphatic heterocycles. The lowest BCUT2D eigenvalue weighted by Gasteiger charge is -2.33. The van der Waals surface area contributed by atoms with E-state index in [0.29, 0.717) is 13.0 Å². The van der Waals surface area contributed by atoms with Gasteiger partial charge in [-0.05, 0) is 43.4 Å². The van der Waals surface area contributed by atoms with Gasteiger partial charge in [-0.3, -0.25) is 9.59 Å². The van der Waals surface area contributed by atoms with Gasteiger partial charge in [0.1, 0.15) is 11.9 Å². The van der Waals surface area contributed by atoms with Gasteiger partial charge < -0.3 is 15.3 Å². The van der Waals surface area contributed by atoms with Crippen molar-refractivity contribution in [3.63, 3.8) is 0 Å². The molecule has 136 valence electrons. The zero-order chi connectivity index (χ0) is 18.6. The first-order chi connectivity index (χ1) is 11.8. The van der Waals surface area contributed by atoms with Gasteiger partial charge in [-0.2, -0.15) is 0 Å². The highest BCUT2D eigenvalue weighted by atomic mass is 19.1. The molecule has 2 rings (SSSR count). The molecule has 1 aromatic carbocycles. The minimum absolute atomic E-state index is 0.00984. The van der Waals surface area contributed by atoms with Gasteiger partial charge in [0.25, 0.3) is 5.91 Å². The van der Waals surface area contributed by atoms with Gasteiger partial charge in [-0.15, -0.1) is 0 Å². The Morgan fingerprint density at radius 1 is 1.32 bits per heavy atom. The van der Waals surface area contributed by atoms with E-state index in [1.54, 1.807) is 0 Å². The Labute approximate surface area is 146 Å². The number of nitrogens with one attached hydrogen (secondary N) is 1. The molecular weight excluding hydrogens is 327 g/mol. The van der Waals surface area contributed by atoms with Crippen molar-refractivity contribution in [2.45, 2.75) is 45.6 Å². The molecular formula is C18H23FN2O4. The lowest BCUT2D eigenvalue weighted by molar-refractivity contribution is -0.143. The molecule has 25 heavy (non-hydrogen) atoms. The first-order valence-electron chi connectivity index (χ1n) is 8.42. The third-order valence-electron chi connectivity index (χ3n) is 4.13. The molecule has 1 saturated heterocycles. The van der Waals surface area contributed by atoms with Crippen LogP contribution in [0.3, 0.4) is 0 Å². The predicted molar refractivity (Wildman–Crippen MR) is 90.8 cm³/mol. The molecule has 1 fully saturated rings. The summed E-state index contributed by atoms with van der Waals surface area (Å²) >= 11 is 0. The molecule has 1 aromatic rings. The van der Waals surface area contributed by atoms with Crippen molar-refractivity contribution in [2.24, 2.45) is 5.92 Å². The number of carboxylic acids is 1. The topological polar surface area (TPSA) is 86.7 Å². The summed E-state index contributed by atoms with van der Waals surface area (Å²) in [5.41, 5.74) is 0.0862. The van der Waals surface area contributed by atoms with Crippen LogP contribution >= 0.6 is 0 Å². The molecule has 1 unspecified atom stereocenters. The molecule has 2 amide bonds. The van der Waals surface area contributed by atoms with Crippen molar-refractivity contribution in [3.8, 4) is 0 Å². The summed E-state index contributed by atoms with van der Waals surface area (Å²) in [7, 11) is 0. The van der Waals surface area contributed by atoms with Crippen LogP contribution in [0.25, 0.3) is 0 Å². The highest BCUT2D eigenvalue weighted by Crippen LogP contribution is 2.22. The molecule has 0 spiro atoms. The van der Waals surface area contributed by atoms with Gasteiger partial charge >= 0.3 is 5.97 Å². The van der Waals surface area contributed by atoms with Crippen molar-refractivity contribution >= 4 is 23.5 Å². The summed E-state index contributed by atoms with van der Waals surface area (Å²) in [6.07, 6.45) is 2.14. The number of halogens is 1. The highest BCUT2D eigenvalue weighted by Gasteiger charge is 2.32. The number of carbonyl (C=O) groups excluding carboxylic acids is 2. The van der Waals surface area contributed by atoms with E-state index in [-0.39, 0.29) is 29.5 Å². The van der Waals surface area contributed by atoms with Crippen LogP contribution in [0.4, 0.5) is 10.1 Å². The van der Waals surface area contributed by atoms with Crippen molar-refractivity contribution in [2.75, 3.05) is 11.9 Å². The minimum Gasteiger partial charge on any atom is -0.480 e. The smallest absolute Gasteiger partial charge is 0.326 e. The molecule has 0 aromatic heterocycles. The van der Waals surface area contributed by atoms with Crippen molar-refractivity contribution in [1.29, 1.82) is 0 Å². The Morgan fingerprint density at radius 3 is 2.64 bits per heavy atom. The Balaban J connectivity index is 2.14. The fourth-order valence-electron chi connectivity index (χ4n) is 2.92. The Hall–Kier alpha value is -2.44. The minimum atomic E-state index is -1.05. The molecule has 0 saturated carbocycles. The fourth-order valence-corrected chi connectivity index (χ4v) is 2.92. The van der Waals surface area contributed by atoms with Crippen LogP contribution in [0.1, 0.15) is 49.9 Å². The lowest BCUT2D eigenvalue weighted by Crippen LogP contribution is -2.48. The van der Waals surface area contributed by atoms with Gasteiger partial charge in [0.15, 0.2) is 0 Å². The van der Waals surface area contributed by atoms with E-state index in [4.69, 9.17) is 0 Å². The first-order valence-corrected chi connectivity index (χ1v) is 8.42. The average molecular weight is 350 g/mol. The molecule has 2 N–H and O–H groups in total. The van der Waals surface area contributed by atoms with Crippen molar-refractivity contribution in [1.82, 2.24) is 4.90 Å². The number of likely N-dealkylation sites (tertiary alicyclic amines) is 1. The summed E-state index contributed by atoms with van der Waals surface area (Å²) in [4.78, 5) is 36.9. The number of amides is 2. The first kappa shape index (κ1) is 18.9. The standard InChI is InChI=1S/C18H23FN2O4/c1-11(2)9-16(22)20-14-7-6-12(10-13(14)19)17(23)21-8-4-3-5-15(21)18(24)25/h6-7,10-11,15H,3-5,8-9H2,1-2H3,(H,20,22)(H,24,25). The molecule has 0 aliphatic carbocycles. The van der Waals surface area contributed by atoms with Gasteiger partial charge in [0, 0.05) is 18.5 Å². The number of piperidine rings is 1. The molecule has 7 heteroatoms. The molecule has 6 nitrogen and oxygen atoms in total. The van der Waals surface area contributed by atoms with Gasteiger partial charge in [-0.25, -0.2) is 9.18 Å². The van der Waals surface area contributed by atoms with E-state index in [1.807, 2.05) is 13.8 Å². The van der Waals surface area contributed by atoms with E-state index >= 15 is 0 Å². The number of rotatable bonds is 5. The van der Waals surface area contributed by atoms with Crippen LogP contribution in [0, 0.1) is 11.7 Å². The van der Waals surface area contributed by atoms with E-state index < -0.39 is 23.7 Å². The van der Waals surface area contributed by atoms with Gasteiger partial charge in [0.05, 0.1) is 5.69 Å². The van der Waals surface area contributed by atoms with Gasteiger partial charge in [-0.1, -0.05) is 13.8 Å². The van der Waals surface area contributed by atoms with E-state index in [9.17, 15) is 23.9 Å². The largest absolute Gasteiger partial charge is 0.480 e. The van der Waals surface area contributed by atoms with Crippen LogP contribution in [-0.4, -0.2) is 40.4 Å². The maximum atomic E-state index is 14.2. The number of benzene rings is 1. The molecule has 1 aliphatic rings. The van der Waals surface area contributed by atoms with Crippen molar-refractivity contribution in [3.05, 3.63) is 29.6 Å². The second kappa shape index (κ2) is 8.09. The van der Waals surface area contributed by atoms with Crippen molar-refractivity contribution < 1.29 is 23.9 Å². The van der Waals surface area contributed by atoms with Crippen LogP contribution < -0.4 is 5.32 Å². The molecule has 1 atom stereocenters. The molecule has 1 heterocycles. The summed E-state index contributed by atoms with van der Waals surface area (Å²) in [5.74, 6) is -2.42. The number of hydrogen-bond acceptors (Lipinski definition) is 3. The van der Waals surface area contributed by atoms with E-state index in [2.05, 4.69) is 5.32 Å². The fraction of sp³-hybridized carbons (Fsp3) is 0.500. The van der Waals surface area contributed by atoms with Crippen LogP contribution in [0.15, 0.2) is 18.2 Å². The van der Waals surface area contributed by atoms with Crippen LogP contribution in [0.5, 0.6) is 0 Å². The maximum Gasteiger partial charge on any atom is 0.326 e. The zero-order valence-corrected chi connectivity index (χ0v) is 14.4. The summed E-state index contributed by atoms with van der Waals surface area (Å²) in [6, 6.07) is 2.90. The van der Waals surface area contributed by atoms with Crippen LogP contribution in [-0.2, 0) is 9.59 Å². The number of aliphatic carboxylic acids is 1. The zero-order valence-electron chi connectivity index (χ0n) is 14.4. The SMILES string of the molecule is CC(C)CC(=O)Nc1ccc(C(=O)N2CCCCC2C(=O)O)cc1F. The number of anilines is 1. The number of nitrogens with zero attached hydrogens (tertiary/aromatic N) is 1. The van der Waals surface area contributed by atoms with E-state index in [0.717, 1.165) is 18.9 Å². The molecule has 0 bridgehead atoms. The maximum absolute atomic E-state index is 14.2. The number of hydrogen-bond donors (Lipinski definition) is 2. The predicted octanol–water partition coefficient (Wildman–Crippen LogP) is 2.89. The Bertz CT molecular complexity index is 675. The average Bonchev–Trinajstić information content (AvgIpc) is 2.55. The second-order valence-corrected chi connectivity index (χ2v) is 6.69. The molecule has 0 radical (unpaired) electrons. The van der Waals surface area contributed by atoms with Crippen LogP contribution in [0.2, 0.25) is 0 Å². The lowest BCUT2D eigenvalue weighted by atomic mass is 10.0. The van der Waals surface area contributed by atoms with Gasteiger partial charge in [0.2, 0.25) is 5.91 Å². The van der Waals surface area contributed by atoms with E-state index in [1.165, 1.54) is 17.0 Å². The quantitative estimate of drug-likeness (QED) is 0.855. The summed E-state index contributed by atoms with van der Waals surface area (Å²) in [6.45, 7) is 4.11. The second-order valence-electron chi connectivity index (χ2n) is 6.69. The summed E-state index contributed by atoms with van der Waals surface area (Å²) < 4.78 is 14.2. The monoisotopic (exact) mass is 350 g/mol.